The number of hydrogen-bond donors (Lipinski definition) is 2. The second kappa shape index (κ2) is 1.73. The zero-order valence-electron chi connectivity index (χ0n) is 4.38. The number of aliphatic hydroxyl groups is 1. The van der Waals surface area contributed by atoms with Gasteiger partial charge < -0.3 is 9.94 Å². The van der Waals surface area contributed by atoms with E-state index in [2.05, 4.69) is 15.3 Å². The maximum absolute atomic E-state index is 8.65. The number of nitrogens with one attached hydrogen (secondary N) is 1. The summed E-state index contributed by atoms with van der Waals surface area (Å²) in [5.74, 6) is 0.302. The van der Waals surface area contributed by atoms with Crippen molar-refractivity contribution in [3.63, 3.8) is 0 Å². The molecule has 0 saturated carbocycles. The lowest BCUT2D eigenvalue weighted by molar-refractivity contribution is 0.162. The summed E-state index contributed by atoms with van der Waals surface area (Å²) in [6.45, 7) is 1.50. The summed E-state index contributed by atoms with van der Waals surface area (Å²) >= 11 is 0. The highest BCUT2D eigenvalue weighted by Gasteiger charge is 2.03. The third kappa shape index (κ3) is 0.726. The summed E-state index contributed by atoms with van der Waals surface area (Å²) < 4.78 is 0. The minimum absolute atomic E-state index is 0.0752. The molecule has 0 unspecified atom stereocenters. The zero-order chi connectivity index (χ0) is 5.98. The molecule has 0 radical (unpaired) electrons. The number of allylic oxidation sites excluding steroid dienone is 1. The quantitative estimate of drug-likeness (QED) is 0.445. The number of hydrogen-bond acceptors (Lipinski definition) is 4. The van der Waals surface area contributed by atoms with E-state index in [0.717, 1.165) is 0 Å². The van der Waals surface area contributed by atoms with Crippen molar-refractivity contribution in [1.29, 1.82) is 0 Å². The molecule has 8 heavy (non-hydrogen) atoms. The first-order valence-electron chi connectivity index (χ1n) is 2.15. The van der Waals surface area contributed by atoms with Crippen LogP contribution < -0.4 is 5.48 Å². The van der Waals surface area contributed by atoms with Gasteiger partial charge in [-0.25, -0.2) is 5.48 Å². The predicted octanol–water partition coefficient (Wildman–Crippen LogP) is 0.296. The van der Waals surface area contributed by atoms with Gasteiger partial charge in [-0.2, -0.15) is 4.99 Å². The molecule has 0 atom stereocenters. The van der Waals surface area contributed by atoms with Crippen LogP contribution in [0.4, 0.5) is 0 Å². The zero-order valence-corrected chi connectivity index (χ0v) is 4.38. The molecule has 1 rings (SSSR count). The first-order valence-corrected chi connectivity index (χ1v) is 2.15. The Kier molecular flexibility index (Phi) is 1.07. The van der Waals surface area contributed by atoms with Crippen LogP contribution in [-0.2, 0) is 4.84 Å². The molecule has 0 aromatic carbocycles. The molecule has 1 aliphatic rings. The van der Waals surface area contributed by atoms with Gasteiger partial charge in [-0.1, -0.05) is 0 Å². The average molecular weight is 114 g/mol. The molecule has 2 N–H and O–H groups in total. The van der Waals surface area contributed by atoms with Gasteiger partial charge >= 0.3 is 0 Å². The van der Waals surface area contributed by atoms with Crippen LogP contribution in [0, 0.1) is 0 Å². The normalized spacial score (nSPS) is 22.1. The van der Waals surface area contributed by atoms with Crippen molar-refractivity contribution in [2.45, 2.75) is 6.92 Å². The van der Waals surface area contributed by atoms with Crippen molar-refractivity contribution in [2.75, 3.05) is 0 Å². The fraction of sp³-hybridized carbons (Fsp3) is 0.250. The van der Waals surface area contributed by atoms with Crippen LogP contribution in [0.3, 0.4) is 0 Å². The summed E-state index contributed by atoms with van der Waals surface area (Å²) in [4.78, 5) is 8.18. The first kappa shape index (κ1) is 4.96. The molecule has 4 nitrogen and oxygen atoms in total. The molecule has 44 valence electrons. The molecule has 0 bridgehead atoms. The molecule has 0 aliphatic carbocycles. The van der Waals surface area contributed by atoms with Crippen molar-refractivity contribution in [2.24, 2.45) is 4.99 Å². The van der Waals surface area contributed by atoms with Gasteiger partial charge in [0.25, 0.3) is 5.88 Å². The van der Waals surface area contributed by atoms with E-state index >= 15 is 0 Å². The lowest BCUT2D eigenvalue weighted by atomic mass is 10.6. The monoisotopic (exact) mass is 114 g/mol. The molecule has 0 aromatic rings. The van der Waals surface area contributed by atoms with Gasteiger partial charge in [-0.3, -0.25) is 0 Å². The van der Waals surface area contributed by atoms with Gasteiger partial charge in [-0.15, -0.1) is 0 Å². The maximum atomic E-state index is 8.65. The van der Waals surface area contributed by atoms with E-state index in [1.165, 1.54) is 13.3 Å². The minimum Gasteiger partial charge on any atom is -0.507 e. The highest BCUT2D eigenvalue weighted by molar-refractivity contribution is 5.56. The Balaban J connectivity index is 2.73. The van der Waals surface area contributed by atoms with Gasteiger partial charge in [0.1, 0.15) is 6.34 Å². The average Bonchev–Trinajstić information content (AvgIpc) is 2.12. The summed E-state index contributed by atoms with van der Waals surface area (Å²) in [5.41, 5.74) is 2.34. The van der Waals surface area contributed by atoms with Crippen LogP contribution >= 0.6 is 0 Å². The Hall–Kier alpha value is -1.19. The Bertz CT molecular complexity index is 146. The number of hydroxylamine groups is 1. The van der Waals surface area contributed by atoms with Crippen LogP contribution in [0.15, 0.2) is 16.6 Å². The van der Waals surface area contributed by atoms with E-state index in [1.807, 2.05) is 0 Å². The standard InChI is InChI=1S/C4H6N2O2/c1-3(7)4-5-2-6-8-4/h2,7H,1H3,(H,5,6)/b4-3-. The van der Waals surface area contributed by atoms with Crippen molar-refractivity contribution in [3.05, 3.63) is 11.6 Å². The minimum atomic E-state index is 0.0752. The molecule has 4 heteroatoms. The predicted molar refractivity (Wildman–Crippen MR) is 28.0 cm³/mol. The van der Waals surface area contributed by atoms with Crippen LogP contribution in [-0.4, -0.2) is 11.4 Å². The molecule has 0 spiro atoms. The van der Waals surface area contributed by atoms with Crippen molar-refractivity contribution in [1.82, 2.24) is 5.48 Å². The van der Waals surface area contributed by atoms with E-state index in [-0.39, 0.29) is 11.6 Å². The number of rotatable bonds is 0. The summed E-state index contributed by atoms with van der Waals surface area (Å²) in [6, 6.07) is 0. The topological polar surface area (TPSA) is 53.9 Å². The van der Waals surface area contributed by atoms with Crippen LogP contribution in [0.2, 0.25) is 0 Å². The highest BCUT2D eigenvalue weighted by Crippen LogP contribution is 2.04. The summed E-state index contributed by atoms with van der Waals surface area (Å²) in [7, 11) is 0. The molecule has 0 fully saturated rings. The fourth-order valence-electron chi connectivity index (χ4n) is 0.361. The Morgan fingerprint density at radius 2 is 2.75 bits per heavy atom. The van der Waals surface area contributed by atoms with Gasteiger partial charge in [0.05, 0.1) is 0 Å². The molecule has 1 heterocycles. The molecule has 1 aliphatic heterocycles. The lowest BCUT2D eigenvalue weighted by Gasteiger charge is -1.93. The van der Waals surface area contributed by atoms with E-state index in [1.54, 1.807) is 0 Å². The number of aliphatic hydroxyl groups excluding tert-OH is 1. The van der Waals surface area contributed by atoms with Crippen LogP contribution in [0.5, 0.6) is 0 Å². The summed E-state index contributed by atoms with van der Waals surface area (Å²) in [5, 5.41) is 8.65. The second-order valence-electron chi connectivity index (χ2n) is 1.37. The van der Waals surface area contributed by atoms with Gasteiger partial charge in [-0.05, 0) is 6.92 Å². The fourth-order valence-corrected chi connectivity index (χ4v) is 0.361. The molecule has 0 saturated heterocycles. The maximum Gasteiger partial charge on any atom is 0.284 e. The Morgan fingerprint density at radius 3 is 3.00 bits per heavy atom. The van der Waals surface area contributed by atoms with Crippen LogP contribution in [0.1, 0.15) is 6.92 Å². The van der Waals surface area contributed by atoms with Crippen molar-refractivity contribution >= 4 is 6.34 Å². The van der Waals surface area contributed by atoms with E-state index in [4.69, 9.17) is 5.11 Å². The molecule has 0 aromatic heterocycles. The van der Waals surface area contributed by atoms with E-state index in [0.29, 0.717) is 0 Å². The smallest absolute Gasteiger partial charge is 0.284 e. The Labute approximate surface area is 46.4 Å². The SMILES string of the molecule is C/C(O)=C1\N=CNO1. The third-order valence-electron chi connectivity index (χ3n) is 0.700. The van der Waals surface area contributed by atoms with Crippen LogP contribution in [0.25, 0.3) is 0 Å². The largest absolute Gasteiger partial charge is 0.507 e. The number of aliphatic imine (C=N–C) groups is 1. The number of nitrogens with zero attached hydrogens (tertiary/aromatic N) is 1. The lowest BCUT2D eigenvalue weighted by Crippen LogP contribution is -2.02. The molecular weight excluding hydrogens is 108 g/mol. The second-order valence-corrected chi connectivity index (χ2v) is 1.37. The first-order chi connectivity index (χ1) is 3.80. The van der Waals surface area contributed by atoms with Gasteiger partial charge in [0.15, 0.2) is 5.76 Å². The third-order valence-corrected chi connectivity index (χ3v) is 0.700. The molecular formula is C4H6N2O2. The highest BCUT2D eigenvalue weighted by atomic mass is 16.7. The van der Waals surface area contributed by atoms with Gasteiger partial charge in [0, 0.05) is 0 Å². The van der Waals surface area contributed by atoms with E-state index in [9.17, 15) is 0 Å². The summed E-state index contributed by atoms with van der Waals surface area (Å²) in [6.07, 6.45) is 1.36. The van der Waals surface area contributed by atoms with Crippen molar-refractivity contribution in [3.8, 4) is 0 Å². The van der Waals surface area contributed by atoms with Crippen molar-refractivity contribution < 1.29 is 9.94 Å². The molecule has 0 amide bonds. The Morgan fingerprint density at radius 1 is 2.00 bits per heavy atom. The van der Waals surface area contributed by atoms with E-state index < -0.39 is 0 Å². The van der Waals surface area contributed by atoms with Gasteiger partial charge in [0.2, 0.25) is 0 Å².